The first-order valence-electron chi connectivity index (χ1n) is 11.0. The highest BCUT2D eigenvalue weighted by Gasteiger charge is 2.21. The van der Waals surface area contributed by atoms with Gasteiger partial charge in [0.2, 0.25) is 5.91 Å². The molecule has 0 aliphatic carbocycles. The molecule has 0 unspecified atom stereocenters. The zero-order chi connectivity index (χ0) is 22.5. The first-order chi connectivity index (χ1) is 15.5. The summed E-state index contributed by atoms with van der Waals surface area (Å²) in [4.78, 5) is 18.1. The van der Waals surface area contributed by atoms with Crippen molar-refractivity contribution in [3.63, 3.8) is 0 Å². The molecular weight excluding hydrogens is 527 g/mol. The first-order valence-corrected chi connectivity index (χ1v) is 11.0. The molecule has 2 aromatic carbocycles. The molecule has 174 valence electrons. The molecule has 2 heterocycles. The molecule has 3 aromatic rings. The standard InChI is InChI=1S/C25H30N6O.HI/c1-18-15-19(2)31(29-18)23-8-5-4-7-21(23)17-28-25(26-3)27-16-20-10-12-22(13-11-20)30-14-6-9-24(30)32;/h4-5,7-8,10-13,15H,6,9,14,16-17H2,1-3H3,(H2,26,27,28);1H. The molecule has 1 saturated heterocycles. The Bertz CT molecular complexity index is 1120. The summed E-state index contributed by atoms with van der Waals surface area (Å²) >= 11 is 0. The molecular formula is C25H31IN6O. The van der Waals surface area contributed by atoms with Gasteiger partial charge in [-0.15, -0.1) is 24.0 Å². The van der Waals surface area contributed by atoms with Crippen LogP contribution in [0.3, 0.4) is 0 Å². The van der Waals surface area contributed by atoms with E-state index in [2.05, 4.69) is 58.0 Å². The van der Waals surface area contributed by atoms with Crippen molar-refractivity contribution >= 4 is 41.5 Å². The average molecular weight is 558 g/mol. The van der Waals surface area contributed by atoms with Crippen molar-refractivity contribution < 1.29 is 4.79 Å². The van der Waals surface area contributed by atoms with Crippen molar-refractivity contribution in [1.82, 2.24) is 20.4 Å². The summed E-state index contributed by atoms with van der Waals surface area (Å²) in [5, 5.41) is 11.4. The van der Waals surface area contributed by atoms with Gasteiger partial charge in [0.1, 0.15) is 0 Å². The highest BCUT2D eigenvalue weighted by atomic mass is 127. The van der Waals surface area contributed by atoms with Gasteiger partial charge in [0.25, 0.3) is 0 Å². The fourth-order valence-corrected chi connectivity index (χ4v) is 4.04. The number of benzene rings is 2. The van der Waals surface area contributed by atoms with E-state index in [0.717, 1.165) is 52.8 Å². The number of anilines is 1. The number of carbonyl (C=O) groups is 1. The lowest BCUT2D eigenvalue weighted by Gasteiger charge is -2.17. The number of nitrogens with zero attached hydrogens (tertiary/aromatic N) is 4. The van der Waals surface area contributed by atoms with Crippen LogP contribution >= 0.6 is 24.0 Å². The first kappa shape index (κ1) is 24.8. The molecule has 1 aliphatic heterocycles. The second-order valence-corrected chi connectivity index (χ2v) is 8.06. The lowest BCUT2D eigenvalue weighted by atomic mass is 10.1. The van der Waals surface area contributed by atoms with Gasteiger partial charge in [0, 0.05) is 44.5 Å². The van der Waals surface area contributed by atoms with Crippen LogP contribution in [0.15, 0.2) is 59.6 Å². The van der Waals surface area contributed by atoms with Crippen LogP contribution in [0.2, 0.25) is 0 Å². The van der Waals surface area contributed by atoms with E-state index < -0.39 is 0 Å². The zero-order valence-corrected chi connectivity index (χ0v) is 21.7. The van der Waals surface area contributed by atoms with Crippen LogP contribution < -0.4 is 15.5 Å². The van der Waals surface area contributed by atoms with E-state index in [0.29, 0.717) is 19.5 Å². The molecule has 4 rings (SSSR count). The Kier molecular flexibility index (Phi) is 8.49. The molecule has 2 N–H and O–H groups in total. The topological polar surface area (TPSA) is 74.6 Å². The smallest absolute Gasteiger partial charge is 0.227 e. The van der Waals surface area contributed by atoms with Crippen LogP contribution in [0.5, 0.6) is 0 Å². The summed E-state index contributed by atoms with van der Waals surface area (Å²) in [6, 6.07) is 18.5. The number of aromatic nitrogens is 2. The van der Waals surface area contributed by atoms with E-state index >= 15 is 0 Å². The number of guanidine groups is 1. The van der Waals surface area contributed by atoms with Crippen LogP contribution in [0, 0.1) is 13.8 Å². The van der Waals surface area contributed by atoms with Gasteiger partial charge in [-0.3, -0.25) is 9.79 Å². The van der Waals surface area contributed by atoms with Gasteiger partial charge in [-0.1, -0.05) is 30.3 Å². The van der Waals surface area contributed by atoms with Crippen molar-refractivity contribution in [2.24, 2.45) is 4.99 Å². The predicted octanol–water partition coefficient (Wildman–Crippen LogP) is 4.10. The molecule has 33 heavy (non-hydrogen) atoms. The third kappa shape index (κ3) is 5.93. The fraction of sp³-hybridized carbons (Fsp3) is 0.320. The van der Waals surface area contributed by atoms with Crippen LogP contribution in [-0.2, 0) is 17.9 Å². The van der Waals surface area contributed by atoms with Gasteiger partial charge in [-0.05, 0) is 55.7 Å². The minimum atomic E-state index is 0. The molecule has 1 fully saturated rings. The normalized spacial score (nSPS) is 13.7. The Labute approximate surface area is 212 Å². The van der Waals surface area contributed by atoms with E-state index in [1.54, 1.807) is 7.05 Å². The molecule has 0 bridgehead atoms. The highest BCUT2D eigenvalue weighted by Crippen LogP contribution is 2.21. The number of aryl methyl sites for hydroxylation is 2. The van der Waals surface area contributed by atoms with E-state index in [4.69, 9.17) is 0 Å². The largest absolute Gasteiger partial charge is 0.352 e. The number of nitrogens with one attached hydrogen (secondary N) is 2. The highest BCUT2D eigenvalue weighted by molar-refractivity contribution is 14.0. The molecule has 1 aromatic heterocycles. The van der Waals surface area contributed by atoms with Crippen LogP contribution in [0.1, 0.15) is 35.4 Å². The van der Waals surface area contributed by atoms with E-state index in [-0.39, 0.29) is 29.9 Å². The maximum Gasteiger partial charge on any atom is 0.227 e. The average Bonchev–Trinajstić information content (AvgIpc) is 3.38. The number of amides is 1. The summed E-state index contributed by atoms with van der Waals surface area (Å²) in [5.74, 6) is 0.938. The van der Waals surface area contributed by atoms with Gasteiger partial charge >= 0.3 is 0 Å². The van der Waals surface area contributed by atoms with Crippen molar-refractivity contribution in [3.05, 3.63) is 77.1 Å². The third-order valence-electron chi connectivity index (χ3n) is 5.68. The number of halogens is 1. The van der Waals surface area contributed by atoms with Gasteiger partial charge in [0.05, 0.1) is 11.4 Å². The SMILES string of the molecule is CN=C(NCc1ccc(N2CCCC2=O)cc1)NCc1ccccc1-n1nc(C)cc1C.I. The minimum absolute atomic E-state index is 0. The lowest BCUT2D eigenvalue weighted by molar-refractivity contribution is -0.117. The monoisotopic (exact) mass is 558 g/mol. The van der Waals surface area contributed by atoms with Crippen molar-refractivity contribution in [2.75, 3.05) is 18.5 Å². The lowest BCUT2D eigenvalue weighted by Crippen LogP contribution is -2.36. The number of para-hydroxylation sites is 1. The Morgan fingerprint density at radius 2 is 1.79 bits per heavy atom. The maximum atomic E-state index is 11.9. The number of carbonyl (C=O) groups excluding carboxylic acids is 1. The molecule has 1 amide bonds. The molecule has 0 atom stereocenters. The van der Waals surface area contributed by atoms with E-state index in [1.165, 1.54) is 0 Å². The fourth-order valence-electron chi connectivity index (χ4n) is 4.04. The maximum absolute atomic E-state index is 11.9. The number of rotatable bonds is 6. The number of hydrogen-bond acceptors (Lipinski definition) is 3. The summed E-state index contributed by atoms with van der Waals surface area (Å²) in [6.45, 7) is 6.16. The Balaban J connectivity index is 0.00000306. The summed E-state index contributed by atoms with van der Waals surface area (Å²) in [5.41, 5.74) is 6.42. The zero-order valence-electron chi connectivity index (χ0n) is 19.3. The molecule has 7 nitrogen and oxygen atoms in total. The quantitative estimate of drug-likeness (QED) is 0.272. The Hall–Kier alpha value is -2.88. The molecule has 0 spiro atoms. The Morgan fingerprint density at radius 3 is 2.42 bits per heavy atom. The molecule has 1 aliphatic rings. The summed E-state index contributed by atoms with van der Waals surface area (Å²) in [7, 11) is 1.77. The van der Waals surface area contributed by atoms with Gasteiger partial charge < -0.3 is 15.5 Å². The van der Waals surface area contributed by atoms with Crippen molar-refractivity contribution in [3.8, 4) is 5.69 Å². The predicted molar refractivity (Wildman–Crippen MR) is 144 cm³/mol. The van der Waals surface area contributed by atoms with Crippen molar-refractivity contribution in [2.45, 2.75) is 39.8 Å². The number of hydrogen-bond donors (Lipinski definition) is 2. The van der Waals surface area contributed by atoms with Crippen LogP contribution in [0.25, 0.3) is 5.69 Å². The molecule has 0 saturated carbocycles. The molecule has 0 radical (unpaired) electrons. The third-order valence-corrected chi connectivity index (χ3v) is 5.68. The summed E-state index contributed by atoms with van der Waals surface area (Å²) < 4.78 is 1.98. The summed E-state index contributed by atoms with van der Waals surface area (Å²) in [6.07, 6.45) is 1.58. The second-order valence-electron chi connectivity index (χ2n) is 8.06. The Morgan fingerprint density at radius 1 is 1.06 bits per heavy atom. The van der Waals surface area contributed by atoms with Crippen molar-refractivity contribution in [1.29, 1.82) is 0 Å². The number of aliphatic imine (C=N–C) groups is 1. The van der Waals surface area contributed by atoms with E-state index in [1.807, 2.05) is 40.8 Å². The van der Waals surface area contributed by atoms with Gasteiger partial charge in [0.15, 0.2) is 5.96 Å². The second kappa shape index (κ2) is 11.3. The van der Waals surface area contributed by atoms with Crippen LogP contribution in [0.4, 0.5) is 5.69 Å². The van der Waals surface area contributed by atoms with E-state index in [9.17, 15) is 4.79 Å². The van der Waals surface area contributed by atoms with Crippen LogP contribution in [-0.4, -0.2) is 35.2 Å². The molecule has 8 heteroatoms. The van der Waals surface area contributed by atoms with Gasteiger partial charge in [-0.2, -0.15) is 5.10 Å². The van der Waals surface area contributed by atoms with Gasteiger partial charge in [-0.25, -0.2) is 4.68 Å². The minimum Gasteiger partial charge on any atom is -0.352 e.